The predicted octanol–water partition coefficient (Wildman–Crippen LogP) is 1.41. The Hall–Kier alpha value is -1.73. The van der Waals surface area contributed by atoms with Crippen LogP contribution in [0, 0.1) is 0 Å². The van der Waals surface area contributed by atoms with E-state index in [-0.39, 0.29) is 18.7 Å². The molecule has 0 bridgehead atoms. The third kappa shape index (κ3) is 4.02. The maximum absolute atomic E-state index is 12.4. The second kappa shape index (κ2) is 7.90. The fraction of sp³-hybridized carbons (Fsp3) is 0.588. The molecule has 3 rings (SSSR count). The first-order valence-corrected chi connectivity index (χ1v) is 8.30. The minimum absolute atomic E-state index is 0.0903. The van der Waals surface area contributed by atoms with Crippen molar-refractivity contribution in [2.45, 2.75) is 25.1 Å². The highest BCUT2D eigenvalue weighted by Crippen LogP contribution is 2.24. The van der Waals surface area contributed by atoms with Crippen molar-refractivity contribution in [3.63, 3.8) is 0 Å². The fourth-order valence-corrected chi connectivity index (χ4v) is 3.45. The maximum atomic E-state index is 12.4. The van der Waals surface area contributed by atoms with Crippen molar-refractivity contribution in [1.82, 2.24) is 15.1 Å². The summed E-state index contributed by atoms with van der Waals surface area (Å²) in [5.41, 5.74) is 1.27. The predicted molar refractivity (Wildman–Crippen MR) is 89.3 cm³/mol. The van der Waals surface area contributed by atoms with Crippen LogP contribution < -0.4 is 5.32 Å². The zero-order chi connectivity index (χ0) is 16.9. The molecule has 0 radical (unpaired) electrons. The first kappa shape index (κ1) is 17.1. The Bertz CT molecular complexity index is 555. The van der Waals surface area contributed by atoms with Crippen LogP contribution in [0.15, 0.2) is 35.3 Å². The molecule has 2 aliphatic rings. The van der Waals surface area contributed by atoms with Crippen LogP contribution in [0.1, 0.15) is 5.56 Å². The Morgan fingerprint density at radius 2 is 2.12 bits per heavy atom. The van der Waals surface area contributed by atoms with Gasteiger partial charge >= 0.3 is 0 Å². The van der Waals surface area contributed by atoms with Crippen LogP contribution in [0.25, 0.3) is 0 Å². The summed E-state index contributed by atoms with van der Waals surface area (Å²) in [6.45, 7) is 3.49. The summed E-state index contributed by atoms with van der Waals surface area (Å²) < 4.78 is 30.8. The lowest BCUT2D eigenvalue weighted by molar-refractivity contribution is -0.0502. The first-order valence-electron chi connectivity index (χ1n) is 8.30. The molecule has 7 heteroatoms. The smallest absolute Gasteiger partial charge is 0.255 e. The van der Waals surface area contributed by atoms with Gasteiger partial charge in [-0.3, -0.25) is 9.89 Å². The molecule has 2 unspecified atom stereocenters. The van der Waals surface area contributed by atoms with Crippen LogP contribution >= 0.6 is 0 Å². The SMILES string of the molecule is CN=C(NCC(F)F)N1CC2OCCN(Cc3ccccc3)C2C1. The normalized spacial score (nSPS) is 25.2. The van der Waals surface area contributed by atoms with Crippen molar-refractivity contribution in [3.05, 3.63) is 35.9 Å². The molecule has 2 saturated heterocycles. The van der Waals surface area contributed by atoms with Gasteiger partial charge < -0.3 is 15.0 Å². The van der Waals surface area contributed by atoms with E-state index in [0.717, 1.165) is 19.6 Å². The van der Waals surface area contributed by atoms with Gasteiger partial charge in [-0.15, -0.1) is 0 Å². The molecule has 132 valence electrons. The molecule has 0 spiro atoms. The average molecular weight is 338 g/mol. The van der Waals surface area contributed by atoms with E-state index in [9.17, 15) is 8.78 Å². The molecule has 24 heavy (non-hydrogen) atoms. The molecule has 1 N–H and O–H groups in total. The Labute approximate surface area is 141 Å². The number of hydrogen-bond acceptors (Lipinski definition) is 3. The largest absolute Gasteiger partial charge is 0.373 e. The molecule has 0 aromatic heterocycles. The maximum Gasteiger partial charge on any atom is 0.255 e. The number of benzene rings is 1. The highest BCUT2D eigenvalue weighted by Gasteiger charge is 2.41. The standard InChI is InChI=1S/C17H24F2N4O/c1-20-17(21-9-16(18)19)23-11-14-15(12-23)24-8-7-22(14)10-13-5-3-2-4-6-13/h2-6,14-16H,7-12H2,1H3,(H,20,21). The van der Waals surface area contributed by atoms with Crippen LogP contribution in [0.4, 0.5) is 8.78 Å². The van der Waals surface area contributed by atoms with Crippen molar-refractivity contribution < 1.29 is 13.5 Å². The molecular formula is C17H24F2N4O. The molecule has 2 fully saturated rings. The van der Waals surface area contributed by atoms with Crippen molar-refractivity contribution in [3.8, 4) is 0 Å². The number of rotatable bonds is 4. The van der Waals surface area contributed by atoms with Gasteiger partial charge in [0, 0.05) is 33.2 Å². The van der Waals surface area contributed by atoms with E-state index in [4.69, 9.17) is 4.74 Å². The minimum atomic E-state index is -2.39. The topological polar surface area (TPSA) is 40.1 Å². The Balaban J connectivity index is 1.64. The van der Waals surface area contributed by atoms with E-state index in [1.54, 1.807) is 7.05 Å². The fourth-order valence-electron chi connectivity index (χ4n) is 3.45. The van der Waals surface area contributed by atoms with E-state index >= 15 is 0 Å². The Kier molecular flexibility index (Phi) is 5.63. The summed E-state index contributed by atoms with van der Waals surface area (Å²) >= 11 is 0. The number of ether oxygens (including phenoxy) is 1. The number of fused-ring (bicyclic) bond motifs is 1. The highest BCUT2D eigenvalue weighted by atomic mass is 19.3. The molecular weight excluding hydrogens is 314 g/mol. The molecule has 5 nitrogen and oxygen atoms in total. The summed E-state index contributed by atoms with van der Waals surface area (Å²) in [7, 11) is 1.62. The van der Waals surface area contributed by atoms with Gasteiger partial charge in [-0.1, -0.05) is 30.3 Å². The number of halogens is 2. The van der Waals surface area contributed by atoms with Crippen molar-refractivity contribution in [2.75, 3.05) is 39.8 Å². The van der Waals surface area contributed by atoms with Crippen molar-refractivity contribution in [2.24, 2.45) is 4.99 Å². The van der Waals surface area contributed by atoms with Gasteiger partial charge in [0.2, 0.25) is 0 Å². The summed E-state index contributed by atoms with van der Waals surface area (Å²) in [5, 5.41) is 2.74. The number of hydrogen-bond donors (Lipinski definition) is 1. The Morgan fingerprint density at radius 3 is 2.83 bits per heavy atom. The summed E-state index contributed by atoms with van der Waals surface area (Å²) in [6.07, 6.45) is -2.30. The van der Waals surface area contributed by atoms with E-state index < -0.39 is 6.43 Å². The Morgan fingerprint density at radius 1 is 1.33 bits per heavy atom. The number of likely N-dealkylation sites (tertiary alicyclic amines) is 1. The molecule has 2 aliphatic heterocycles. The molecule has 1 aromatic rings. The van der Waals surface area contributed by atoms with Crippen molar-refractivity contribution in [1.29, 1.82) is 0 Å². The monoisotopic (exact) mass is 338 g/mol. The summed E-state index contributed by atoms with van der Waals surface area (Å²) in [4.78, 5) is 8.57. The quantitative estimate of drug-likeness (QED) is 0.666. The van der Waals surface area contributed by atoms with Crippen LogP contribution in [0.3, 0.4) is 0 Å². The lowest BCUT2D eigenvalue weighted by atomic mass is 10.1. The summed E-state index contributed by atoms with van der Waals surface area (Å²) in [5.74, 6) is 0.521. The number of nitrogens with one attached hydrogen (secondary N) is 1. The van der Waals surface area contributed by atoms with Gasteiger partial charge in [0.1, 0.15) is 0 Å². The van der Waals surface area contributed by atoms with Gasteiger partial charge in [0.25, 0.3) is 6.43 Å². The van der Waals surface area contributed by atoms with Gasteiger partial charge in [0.15, 0.2) is 5.96 Å². The molecule has 2 atom stereocenters. The third-order valence-corrected chi connectivity index (χ3v) is 4.57. The van der Waals surface area contributed by atoms with E-state index in [1.807, 2.05) is 23.1 Å². The number of aliphatic imine (C=N–C) groups is 1. The lowest BCUT2D eigenvalue weighted by Crippen LogP contribution is -2.50. The molecule has 0 amide bonds. The second-order valence-corrected chi connectivity index (χ2v) is 6.16. The van der Waals surface area contributed by atoms with Crippen molar-refractivity contribution >= 4 is 5.96 Å². The van der Waals surface area contributed by atoms with Gasteiger partial charge in [-0.25, -0.2) is 8.78 Å². The average Bonchev–Trinajstić information content (AvgIpc) is 3.01. The molecule has 1 aromatic carbocycles. The van der Waals surface area contributed by atoms with Crippen LogP contribution in [-0.2, 0) is 11.3 Å². The second-order valence-electron chi connectivity index (χ2n) is 6.16. The van der Waals surface area contributed by atoms with E-state index in [0.29, 0.717) is 19.1 Å². The van der Waals surface area contributed by atoms with Gasteiger partial charge in [-0.2, -0.15) is 0 Å². The first-order chi connectivity index (χ1) is 11.7. The zero-order valence-corrected chi connectivity index (χ0v) is 13.9. The summed E-state index contributed by atoms with van der Waals surface area (Å²) in [6, 6.07) is 10.6. The van der Waals surface area contributed by atoms with Gasteiger partial charge in [0.05, 0.1) is 25.3 Å². The number of alkyl halides is 2. The molecule has 0 saturated carbocycles. The molecule has 2 heterocycles. The van der Waals surface area contributed by atoms with E-state index in [2.05, 4.69) is 27.3 Å². The van der Waals surface area contributed by atoms with Gasteiger partial charge in [-0.05, 0) is 5.56 Å². The zero-order valence-electron chi connectivity index (χ0n) is 13.9. The number of morpholine rings is 1. The van der Waals surface area contributed by atoms with Crippen LogP contribution in [0.2, 0.25) is 0 Å². The minimum Gasteiger partial charge on any atom is -0.373 e. The third-order valence-electron chi connectivity index (χ3n) is 4.57. The van der Waals surface area contributed by atoms with E-state index in [1.165, 1.54) is 5.56 Å². The number of guanidine groups is 1. The highest BCUT2D eigenvalue weighted by molar-refractivity contribution is 5.80. The van der Waals surface area contributed by atoms with Crippen LogP contribution in [0.5, 0.6) is 0 Å². The lowest BCUT2D eigenvalue weighted by Gasteiger charge is -2.36. The number of nitrogens with zero attached hydrogens (tertiary/aromatic N) is 3. The van der Waals surface area contributed by atoms with Crippen LogP contribution in [-0.4, -0.2) is 74.2 Å². The molecule has 0 aliphatic carbocycles.